The Balaban J connectivity index is 4.87. The summed E-state index contributed by atoms with van der Waals surface area (Å²) in [7, 11) is 0. The molecule has 21 heavy (non-hydrogen) atoms. The van der Waals surface area contributed by atoms with Crippen LogP contribution in [0.25, 0.3) is 0 Å². The van der Waals surface area contributed by atoms with Crippen molar-refractivity contribution in [1.29, 1.82) is 0 Å². The number of carbonyl (C=O) groups is 1. The normalized spacial score (nSPS) is 21.7. The molecule has 8 N–H and O–H groups in total. The minimum Gasteiger partial charge on any atom is -0.479 e. The van der Waals surface area contributed by atoms with Gasteiger partial charge in [-0.05, 0) is 0 Å². The molecular weight excluding hydrogens is 288 g/mol. The zero-order valence-corrected chi connectivity index (χ0v) is 11.3. The van der Waals surface area contributed by atoms with E-state index < -0.39 is 61.5 Å². The molecule has 124 valence electrons. The summed E-state index contributed by atoms with van der Waals surface area (Å²) in [6.07, 6.45) is -9.55. The van der Waals surface area contributed by atoms with E-state index in [1.807, 2.05) is 0 Å². The summed E-state index contributed by atoms with van der Waals surface area (Å²) < 4.78 is 0. The first-order valence-electron chi connectivity index (χ1n) is 6.19. The average molecular weight is 310 g/mol. The fourth-order valence-electron chi connectivity index (χ4n) is 1.75. The summed E-state index contributed by atoms with van der Waals surface area (Å²) in [5.74, 6) is -1.79. The van der Waals surface area contributed by atoms with Gasteiger partial charge in [0.25, 0.3) is 0 Å². The quantitative estimate of drug-likeness (QED) is 0.190. The van der Waals surface area contributed by atoms with E-state index in [4.69, 9.17) is 15.3 Å². The Kier molecular flexibility index (Phi) is 7.96. The molecular formula is C12H22O9. The lowest BCUT2D eigenvalue weighted by Crippen LogP contribution is -2.55. The molecule has 0 aromatic heterocycles. The summed E-state index contributed by atoms with van der Waals surface area (Å²) in [6.45, 7) is 2.39. The smallest absolute Gasteiger partial charge is 0.338 e. The van der Waals surface area contributed by atoms with Crippen LogP contribution in [0.4, 0.5) is 0 Å². The fraction of sp³-hybridized carbons (Fsp3) is 0.750. The van der Waals surface area contributed by atoms with Crippen LogP contribution in [0, 0.1) is 0 Å². The fourth-order valence-corrected chi connectivity index (χ4v) is 1.75. The average Bonchev–Trinajstić information content (AvgIpc) is 2.44. The van der Waals surface area contributed by atoms with Gasteiger partial charge in [0.05, 0.1) is 18.8 Å². The predicted octanol–water partition coefficient (Wildman–Crippen LogP) is -3.43. The maximum atomic E-state index is 11.0. The molecule has 0 aliphatic rings. The van der Waals surface area contributed by atoms with Crippen molar-refractivity contribution in [2.75, 3.05) is 6.61 Å². The van der Waals surface area contributed by atoms with Gasteiger partial charge >= 0.3 is 5.97 Å². The van der Waals surface area contributed by atoms with Crippen molar-refractivity contribution in [3.63, 3.8) is 0 Å². The van der Waals surface area contributed by atoms with E-state index in [1.54, 1.807) is 0 Å². The van der Waals surface area contributed by atoms with E-state index in [1.165, 1.54) is 0 Å². The summed E-state index contributed by atoms with van der Waals surface area (Å²) in [5.41, 5.74) is -2.71. The van der Waals surface area contributed by atoms with Crippen LogP contribution in [-0.2, 0) is 4.79 Å². The first kappa shape index (κ1) is 19.9. The second kappa shape index (κ2) is 8.39. The van der Waals surface area contributed by atoms with Crippen LogP contribution < -0.4 is 0 Å². The van der Waals surface area contributed by atoms with Crippen LogP contribution in [0.15, 0.2) is 12.7 Å². The van der Waals surface area contributed by atoms with Gasteiger partial charge in [0.1, 0.15) is 18.3 Å². The van der Waals surface area contributed by atoms with Crippen LogP contribution in [0.5, 0.6) is 0 Å². The monoisotopic (exact) mass is 310 g/mol. The Labute approximate surface area is 121 Å². The molecule has 0 heterocycles. The molecule has 0 aromatic rings. The second-order valence-corrected chi connectivity index (χ2v) is 4.78. The minimum absolute atomic E-state index is 0.557. The van der Waals surface area contributed by atoms with E-state index >= 15 is 0 Å². The van der Waals surface area contributed by atoms with Crippen molar-refractivity contribution < 1.29 is 45.6 Å². The number of rotatable bonds is 10. The van der Waals surface area contributed by atoms with Crippen molar-refractivity contribution in [2.24, 2.45) is 0 Å². The van der Waals surface area contributed by atoms with Crippen molar-refractivity contribution in [1.82, 2.24) is 0 Å². The zero-order valence-electron chi connectivity index (χ0n) is 11.3. The number of carboxylic acids is 1. The van der Waals surface area contributed by atoms with Crippen LogP contribution in [0.1, 0.15) is 12.8 Å². The maximum Gasteiger partial charge on any atom is 0.338 e. The molecule has 9 heteroatoms. The number of carboxylic acid groups (broad SMARTS) is 1. The van der Waals surface area contributed by atoms with Gasteiger partial charge in [0.15, 0.2) is 5.60 Å². The highest BCUT2D eigenvalue weighted by molar-refractivity contribution is 5.78. The van der Waals surface area contributed by atoms with Crippen LogP contribution in [0.2, 0.25) is 0 Å². The van der Waals surface area contributed by atoms with Crippen molar-refractivity contribution in [3.8, 4) is 0 Å². The molecule has 0 unspecified atom stereocenters. The minimum atomic E-state index is -2.71. The highest BCUT2D eigenvalue weighted by atomic mass is 16.4. The third kappa shape index (κ3) is 5.00. The maximum absolute atomic E-state index is 11.0. The van der Waals surface area contributed by atoms with Crippen molar-refractivity contribution >= 4 is 5.97 Å². The second-order valence-electron chi connectivity index (χ2n) is 4.78. The molecule has 0 saturated heterocycles. The third-order valence-electron chi connectivity index (χ3n) is 3.14. The molecule has 0 fully saturated rings. The molecule has 0 radical (unpaired) electrons. The van der Waals surface area contributed by atoms with Gasteiger partial charge in [-0.25, -0.2) is 4.79 Å². The van der Waals surface area contributed by atoms with E-state index in [9.17, 15) is 30.3 Å². The number of aliphatic carboxylic acids is 1. The van der Waals surface area contributed by atoms with Gasteiger partial charge in [-0.3, -0.25) is 0 Å². The predicted molar refractivity (Wildman–Crippen MR) is 69.1 cm³/mol. The first-order valence-corrected chi connectivity index (χ1v) is 6.19. The largest absolute Gasteiger partial charge is 0.479 e. The van der Waals surface area contributed by atoms with Gasteiger partial charge in [-0.15, -0.1) is 6.58 Å². The van der Waals surface area contributed by atoms with Gasteiger partial charge in [-0.2, -0.15) is 0 Å². The van der Waals surface area contributed by atoms with Crippen LogP contribution >= 0.6 is 0 Å². The number of aliphatic hydroxyl groups excluding tert-OH is 6. The Morgan fingerprint density at radius 1 is 1.10 bits per heavy atom. The molecule has 0 saturated carbocycles. The lowest BCUT2D eigenvalue weighted by atomic mass is 9.86. The molecule has 0 spiro atoms. The van der Waals surface area contributed by atoms with Gasteiger partial charge < -0.3 is 40.9 Å². The van der Waals surface area contributed by atoms with E-state index in [0.717, 1.165) is 6.08 Å². The van der Waals surface area contributed by atoms with Gasteiger partial charge in [0, 0.05) is 12.8 Å². The van der Waals surface area contributed by atoms with Gasteiger partial charge in [0.2, 0.25) is 0 Å². The standard InChI is InChI=1S/C12H22O9/c1-2-3-12(21,11(19)20)10(18)7(15)4-6(14)9(17)8(16)5-13/h2,6-10,13-18,21H,1,3-5H2,(H,19,20)/t6-,7+,8-,9-,10-,12-/m1/s1. The van der Waals surface area contributed by atoms with Crippen LogP contribution in [-0.4, -0.2) is 89.5 Å². The Morgan fingerprint density at radius 3 is 2.00 bits per heavy atom. The van der Waals surface area contributed by atoms with E-state index in [2.05, 4.69) is 6.58 Å². The van der Waals surface area contributed by atoms with Crippen molar-refractivity contribution in [2.45, 2.75) is 49.0 Å². The third-order valence-corrected chi connectivity index (χ3v) is 3.14. The van der Waals surface area contributed by atoms with E-state index in [-0.39, 0.29) is 0 Å². The molecule has 0 bridgehead atoms. The Bertz CT molecular complexity index is 348. The van der Waals surface area contributed by atoms with Gasteiger partial charge in [-0.1, -0.05) is 6.08 Å². The molecule has 0 aromatic carbocycles. The zero-order chi connectivity index (χ0) is 16.8. The van der Waals surface area contributed by atoms with Crippen LogP contribution in [0.3, 0.4) is 0 Å². The van der Waals surface area contributed by atoms with E-state index in [0.29, 0.717) is 0 Å². The Morgan fingerprint density at radius 2 is 1.62 bits per heavy atom. The SMILES string of the molecule is C=CC[C@](O)(C(=O)O)[C@H](O)[C@@H](O)C[C@@H](O)[C@@H](O)[C@H](O)CO. The number of hydrogen-bond donors (Lipinski definition) is 8. The lowest BCUT2D eigenvalue weighted by Gasteiger charge is -2.32. The lowest BCUT2D eigenvalue weighted by molar-refractivity contribution is -0.184. The summed E-state index contributed by atoms with van der Waals surface area (Å²) in [4.78, 5) is 11.0. The Hall–Kier alpha value is -1.07. The summed E-state index contributed by atoms with van der Waals surface area (Å²) in [6, 6.07) is 0. The highest BCUT2D eigenvalue weighted by Gasteiger charge is 2.46. The number of hydrogen-bond acceptors (Lipinski definition) is 8. The molecule has 0 aliphatic carbocycles. The molecule has 6 atom stereocenters. The summed E-state index contributed by atoms with van der Waals surface area (Å²) >= 11 is 0. The molecule has 0 aliphatic heterocycles. The highest BCUT2D eigenvalue weighted by Crippen LogP contribution is 2.22. The molecule has 9 nitrogen and oxygen atoms in total. The topological polar surface area (TPSA) is 179 Å². The summed E-state index contributed by atoms with van der Waals surface area (Å²) in [5, 5.41) is 74.8. The number of aliphatic hydroxyl groups is 7. The van der Waals surface area contributed by atoms with Crippen molar-refractivity contribution in [3.05, 3.63) is 12.7 Å². The molecule has 0 amide bonds. The first-order chi connectivity index (χ1) is 9.61. The molecule has 0 rings (SSSR count).